The summed E-state index contributed by atoms with van der Waals surface area (Å²) in [6.07, 6.45) is 0. The van der Waals surface area contributed by atoms with E-state index in [4.69, 9.17) is 0 Å². The summed E-state index contributed by atoms with van der Waals surface area (Å²) in [6, 6.07) is 19.2. The van der Waals surface area contributed by atoms with E-state index in [0.717, 1.165) is 5.56 Å². The second-order valence-electron chi connectivity index (χ2n) is 6.59. The van der Waals surface area contributed by atoms with Crippen LogP contribution in [0, 0.1) is 6.92 Å². The van der Waals surface area contributed by atoms with Crippen LogP contribution >= 0.6 is 0 Å². The van der Waals surface area contributed by atoms with Crippen molar-refractivity contribution in [3.63, 3.8) is 0 Å². The molecule has 0 aliphatic rings. The Morgan fingerprint density at radius 1 is 0.793 bits per heavy atom. The highest BCUT2D eigenvalue weighted by Crippen LogP contribution is 2.19. The summed E-state index contributed by atoms with van der Waals surface area (Å²) < 4.78 is 27.8. The summed E-state index contributed by atoms with van der Waals surface area (Å²) >= 11 is 0. The van der Waals surface area contributed by atoms with Crippen molar-refractivity contribution >= 4 is 33.1 Å². The van der Waals surface area contributed by atoms with Gasteiger partial charge in [-0.15, -0.1) is 0 Å². The quantitative estimate of drug-likeness (QED) is 0.597. The van der Waals surface area contributed by atoms with Crippen LogP contribution in [0.25, 0.3) is 0 Å². The van der Waals surface area contributed by atoms with Gasteiger partial charge in [-0.1, -0.05) is 18.2 Å². The lowest BCUT2D eigenvalue weighted by Gasteiger charge is -2.10. The number of rotatable bonds is 6. The van der Waals surface area contributed by atoms with Gasteiger partial charge in [-0.05, 0) is 74.0 Å². The third-order valence-electron chi connectivity index (χ3n) is 4.23. The van der Waals surface area contributed by atoms with E-state index in [1.54, 1.807) is 24.3 Å². The molecule has 0 aromatic heterocycles. The van der Waals surface area contributed by atoms with Gasteiger partial charge < -0.3 is 5.32 Å². The molecule has 29 heavy (non-hydrogen) atoms. The fourth-order valence-electron chi connectivity index (χ4n) is 2.72. The van der Waals surface area contributed by atoms with Crippen LogP contribution < -0.4 is 10.0 Å². The van der Waals surface area contributed by atoms with Crippen molar-refractivity contribution in [2.24, 2.45) is 0 Å². The molecule has 0 spiro atoms. The summed E-state index contributed by atoms with van der Waals surface area (Å²) in [5.74, 6) is -0.509. The second kappa shape index (κ2) is 8.28. The number of hydrogen-bond donors (Lipinski definition) is 2. The molecular formula is C22H20N2O4S. The Labute approximate surface area is 169 Å². The van der Waals surface area contributed by atoms with Gasteiger partial charge in [-0.3, -0.25) is 14.3 Å². The summed E-state index contributed by atoms with van der Waals surface area (Å²) in [5.41, 5.74) is 2.67. The standard InChI is InChI=1S/C22H20N2O4S/c1-15-5-3-7-20(13-15)23-22(26)18-6-4-8-21(14-18)29(27,28)24-19-11-9-17(10-12-19)16(2)25/h3-14,24H,1-2H3,(H,23,26). The van der Waals surface area contributed by atoms with Crippen molar-refractivity contribution in [2.45, 2.75) is 18.7 Å². The topological polar surface area (TPSA) is 92.3 Å². The minimum atomic E-state index is -3.90. The van der Waals surface area contributed by atoms with Crippen molar-refractivity contribution in [1.82, 2.24) is 0 Å². The molecule has 0 saturated heterocycles. The maximum atomic E-state index is 12.7. The Hall–Kier alpha value is -3.45. The average molecular weight is 408 g/mol. The van der Waals surface area contributed by atoms with Crippen LogP contribution in [-0.4, -0.2) is 20.1 Å². The van der Waals surface area contributed by atoms with Crippen LogP contribution in [0.3, 0.4) is 0 Å². The number of carbonyl (C=O) groups is 2. The van der Waals surface area contributed by atoms with Gasteiger partial charge >= 0.3 is 0 Å². The van der Waals surface area contributed by atoms with E-state index in [0.29, 0.717) is 16.9 Å². The molecule has 148 valence electrons. The lowest BCUT2D eigenvalue weighted by molar-refractivity contribution is 0.101. The first-order valence-electron chi connectivity index (χ1n) is 8.86. The van der Waals surface area contributed by atoms with Crippen molar-refractivity contribution in [2.75, 3.05) is 10.0 Å². The minimum Gasteiger partial charge on any atom is -0.322 e. The fourth-order valence-corrected chi connectivity index (χ4v) is 3.82. The molecule has 0 fully saturated rings. The average Bonchev–Trinajstić information content (AvgIpc) is 2.68. The van der Waals surface area contributed by atoms with Crippen LogP contribution in [0.1, 0.15) is 33.2 Å². The van der Waals surface area contributed by atoms with Crippen molar-refractivity contribution in [1.29, 1.82) is 0 Å². The Bertz CT molecular complexity index is 1170. The van der Waals surface area contributed by atoms with Gasteiger partial charge in [0.2, 0.25) is 0 Å². The summed E-state index contributed by atoms with van der Waals surface area (Å²) in [4.78, 5) is 23.8. The molecule has 6 nitrogen and oxygen atoms in total. The number of carbonyl (C=O) groups excluding carboxylic acids is 2. The number of hydrogen-bond acceptors (Lipinski definition) is 4. The summed E-state index contributed by atoms with van der Waals surface area (Å²) in [7, 11) is -3.90. The Balaban J connectivity index is 1.80. The first kappa shape index (κ1) is 20.3. The molecule has 0 heterocycles. The van der Waals surface area contributed by atoms with Crippen LogP contribution in [-0.2, 0) is 10.0 Å². The maximum Gasteiger partial charge on any atom is 0.261 e. The maximum absolute atomic E-state index is 12.7. The lowest BCUT2D eigenvalue weighted by atomic mass is 10.1. The monoisotopic (exact) mass is 408 g/mol. The minimum absolute atomic E-state index is 0.0370. The largest absolute Gasteiger partial charge is 0.322 e. The molecule has 0 atom stereocenters. The first-order valence-corrected chi connectivity index (χ1v) is 10.3. The third-order valence-corrected chi connectivity index (χ3v) is 5.61. The molecule has 0 unspecified atom stereocenters. The number of ketones is 1. The zero-order chi connectivity index (χ0) is 21.0. The van der Waals surface area contributed by atoms with Crippen LogP contribution in [0.5, 0.6) is 0 Å². The van der Waals surface area contributed by atoms with Crippen molar-refractivity contribution in [3.05, 3.63) is 89.5 Å². The van der Waals surface area contributed by atoms with Crippen molar-refractivity contribution in [3.8, 4) is 0 Å². The Morgan fingerprint density at radius 2 is 1.48 bits per heavy atom. The van der Waals surface area contributed by atoms with Gasteiger partial charge in [-0.2, -0.15) is 0 Å². The van der Waals surface area contributed by atoms with Gasteiger partial charge in [0.1, 0.15) is 0 Å². The molecule has 7 heteroatoms. The number of Topliss-reactive ketones (excluding diaryl/α,β-unsaturated/α-hetero) is 1. The SMILES string of the molecule is CC(=O)c1ccc(NS(=O)(=O)c2cccc(C(=O)Nc3cccc(C)c3)c2)cc1. The predicted octanol–water partition coefficient (Wildman–Crippen LogP) is 4.25. The molecule has 0 aliphatic carbocycles. The van der Waals surface area contributed by atoms with Gasteiger partial charge in [0.05, 0.1) is 4.90 Å². The highest BCUT2D eigenvalue weighted by atomic mass is 32.2. The van der Waals surface area contributed by atoms with E-state index in [-0.39, 0.29) is 16.2 Å². The van der Waals surface area contributed by atoms with Crippen LogP contribution in [0.15, 0.2) is 77.7 Å². The molecule has 0 bridgehead atoms. The van der Waals surface area contributed by atoms with Crippen LogP contribution in [0.4, 0.5) is 11.4 Å². The summed E-state index contributed by atoms with van der Waals surface area (Å²) in [6.45, 7) is 3.35. The van der Waals surface area contributed by atoms with E-state index in [1.165, 1.54) is 37.3 Å². The fraction of sp³-hybridized carbons (Fsp3) is 0.0909. The molecule has 0 radical (unpaired) electrons. The number of nitrogens with one attached hydrogen (secondary N) is 2. The zero-order valence-corrected chi connectivity index (χ0v) is 16.8. The number of benzene rings is 3. The van der Waals surface area contributed by atoms with Gasteiger partial charge in [0, 0.05) is 22.5 Å². The van der Waals surface area contributed by atoms with Crippen molar-refractivity contribution < 1.29 is 18.0 Å². The molecule has 0 saturated carbocycles. The number of amides is 1. The normalized spacial score (nSPS) is 11.0. The van der Waals surface area contributed by atoms with Gasteiger partial charge in [0.25, 0.3) is 15.9 Å². The molecule has 3 aromatic rings. The molecule has 2 N–H and O–H groups in total. The number of sulfonamides is 1. The van der Waals surface area contributed by atoms with Crippen LogP contribution in [0.2, 0.25) is 0 Å². The van der Waals surface area contributed by atoms with E-state index in [2.05, 4.69) is 10.0 Å². The molecule has 0 aliphatic heterocycles. The van der Waals surface area contributed by atoms with Gasteiger partial charge in [0.15, 0.2) is 5.78 Å². The second-order valence-corrected chi connectivity index (χ2v) is 8.27. The highest BCUT2D eigenvalue weighted by molar-refractivity contribution is 7.92. The summed E-state index contributed by atoms with van der Waals surface area (Å²) in [5, 5.41) is 2.76. The van der Waals surface area contributed by atoms with E-state index in [9.17, 15) is 18.0 Å². The van der Waals surface area contributed by atoms with E-state index in [1.807, 2.05) is 25.1 Å². The molecule has 3 rings (SSSR count). The lowest BCUT2D eigenvalue weighted by Crippen LogP contribution is -2.16. The smallest absolute Gasteiger partial charge is 0.261 e. The van der Waals surface area contributed by atoms with Gasteiger partial charge in [-0.25, -0.2) is 8.42 Å². The number of aryl methyl sites for hydroxylation is 1. The Morgan fingerprint density at radius 3 is 2.14 bits per heavy atom. The predicted molar refractivity (Wildman–Crippen MR) is 113 cm³/mol. The molecule has 3 aromatic carbocycles. The zero-order valence-electron chi connectivity index (χ0n) is 16.0. The molecule has 1 amide bonds. The van der Waals surface area contributed by atoms with E-state index >= 15 is 0 Å². The first-order chi connectivity index (χ1) is 13.7. The Kier molecular flexibility index (Phi) is 5.79. The highest BCUT2D eigenvalue weighted by Gasteiger charge is 2.17. The molecular weight excluding hydrogens is 388 g/mol. The third kappa shape index (κ3) is 5.08. The number of anilines is 2. The van der Waals surface area contributed by atoms with E-state index < -0.39 is 15.9 Å².